The summed E-state index contributed by atoms with van der Waals surface area (Å²) in [7, 11) is 0. The van der Waals surface area contributed by atoms with Crippen LogP contribution in [0.25, 0.3) is 0 Å². The first-order valence-corrected chi connectivity index (χ1v) is 9.55. The smallest absolute Gasteiger partial charge is 0.317 e. The van der Waals surface area contributed by atoms with E-state index < -0.39 is 11.4 Å². The Balaban J connectivity index is 1.35. The zero-order chi connectivity index (χ0) is 18.1. The maximum atomic E-state index is 12.6. The number of para-hydroxylation sites is 1. The van der Waals surface area contributed by atoms with Crippen LogP contribution in [0.2, 0.25) is 0 Å². The van der Waals surface area contributed by atoms with Gasteiger partial charge >= 0.3 is 12.0 Å². The van der Waals surface area contributed by atoms with Gasteiger partial charge in [-0.3, -0.25) is 4.79 Å². The van der Waals surface area contributed by atoms with Crippen LogP contribution in [-0.4, -0.2) is 41.7 Å². The van der Waals surface area contributed by atoms with E-state index in [0.29, 0.717) is 32.0 Å². The van der Waals surface area contributed by atoms with Crippen LogP contribution >= 0.6 is 0 Å². The summed E-state index contributed by atoms with van der Waals surface area (Å²) in [5, 5.41) is 12.6. The minimum atomic E-state index is -0.755. The fourth-order valence-corrected chi connectivity index (χ4v) is 4.36. The van der Waals surface area contributed by atoms with Gasteiger partial charge < -0.3 is 20.1 Å². The third kappa shape index (κ3) is 3.24. The van der Waals surface area contributed by atoms with E-state index >= 15 is 0 Å². The molecule has 3 fully saturated rings. The number of carbonyl (C=O) groups is 2. The molecule has 2 aliphatic carbocycles. The summed E-state index contributed by atoms with van der Waals surface area (Å²) in [6.07, 6.45) is 4.99. The molecule has 4 rings (SSSR count). The van der Waals surface area contributed by atoms with Crippen molar-refractivity contribution in [3.8, 4) is 5.75 Å². The fraction of sp³-hybridized carbons (Fsp3) is 0.600. The van der Waals surface area contributed by atoms with E-state index in [1.165, 1.54) is 12.8 Å². The number of aliphatic carboxylic acids is 1. The summed E-state index contributed by atoms with van der Waals surface area (Å²) in [5.41, 5.74) is 0.219. The molecular formula is C20H26N2O4. The van der Waals surface area contributed by atoms with Crippen molar-refractivity contribution in [2.75, 3.05) is 19.7 Å². The SMILES string of the molecule is O=C(NCc1ccccc1OCC1CC1)N1C[C@@H]2CCC[C@@]2(C(=O)O)C1. The van der Waals surface area contributed by atoms with Crippen molar-refractivity contribution in [1.82, 2.24) is 10.2 Å². The molecule has 6 heteroatoms. The summed E-state index contributed by atoms with van der Waals surface area (Å²) >= 11 is 0. The second-order valence-corrected chi connectivity index (χ2v) is 7.95. The third-order valence-electron chi connectivity index (χ3n) is 6.16. The minimum Gasteiger partial charge on any atom is -0.493 e. The lowest BCUT2D eigenvalue weighted by Crippen LogP contribution is -2.41. The lowest BCUT2D eigenvalue weighted by Gasteiger charge is -2.23. The summed E-state index contributed by atoms with van der Waals surface area (Å²) < 4.78 is 5.88. The average molecular weight is 358 g/mol. The number of ether oxygens (including phenoxy) is 1. The molecule has 3 aliphatic rings. The van der Waals surface area contributed by atoms with Gasteiger partial charge in [0, 0.05) is 25.2 Å². The van der Waals surface area contributed by atoms with Crippen LogP contribution in [0.5, 0.6) is 5.75 Å². The van der Waals surface area contributed by atoms with E-state index in [-0.39, 0.29) is 11.9 Å². The van der Waals surface area contributed by atoms with Crippen molar-refractivity contribution in [2.24, 2.45) is 17.3 Å². The van der Waals surface area contributed by atoms with Crippen LogP contribution in [0.4, 0.5) is 4.79 Å². The third-order valence-corrected chi connectivity index (χ3v) is 6.16. The molecule has 140 valence electrons. The molecule has 6 nitrogen and oxygen atoms in total. The Hall–Kier alpha value is -2.24. The number of nitrogens with one attached hydrogen (secondary N) is 1. The van der Waals surface area contributed by atoms with E-state index in [1.807, 2.05) is 24.3 Å². The van der Waals surface area contributed by atoms with Gasteiger partial charge in [-0.2, -0.15) is 0 Å². The van der Waals surface area contributed by atoms with Gasteiger partial charge in [-0.05, 0) is 43.6 Å². The van der Waals surface area contributed by atoms with Crippen LogP contribution in [0.3, 0.4) is 0 Å². The number of nitrogens with zero attached hydrogens (tertiary/aromatic N) is 1. The number of urea groups is 1. The molecule has 26 heavy (non-hydrogen) atoms. The fourth-order valence-electron chi connectivity index (χ4n) is 4.36. The van der Waals surface area contributed by atoms with Crippen LogP contribution < -0.4 is 10.1 Å². The van der Waals surface area contributed by atoms with Crippen LogP contribution in [0.15, 0.2) is 24.3 Å². The zero-order valence-electron chi connectivity index (χ0n) is 14.9. The second-order valence-electron chi connectivity index (χ2n) is 7.95. The highest BCUT2D eigenvalue weighted by Gasteiger charge is 2.55. The number of carboxylic acids is 1. The number of fused-ring (bicyclic) bond motifs is 1. The monoisotopic (exact) mass is 358 g/mol. The first kappa shape index (κ1) is 17.2. The molecule has 2 atom stereocenters. The topological polar surface area (TPSA) is 78.9 Å². The van der Waals surface area contributed by atoms with Gasteiger partial charge in [0.2, 0.25) is 0 Å². The number of carbonyl (C=O) groups excluding carboxylic acids is 1. The molecule has 1 aromatic carbocycles. The predicted molar refractivity (Wildman–Crippen MR) is 95.9 cm³/mol. The number of benzene rings is 1. The second kappa shape index (κ2) is 6.82. The van der Waals surface area contributed by atoms with Crippen LogP contribution in [0.1, 0.15) is 37.7 Å². The van der Waals surface area contributed by atoms with Crippen molar-refractivity contribution in [3.63, 3.8) is 0 Å². The van der Waals surface area contributed by atoms with Crippen molar-refractivity contribution in [2.45, 2.75) is 38.6 Å². The van der Waals surface area contributed by atoms with E-state index in [4.69, 9.17) is 4.74 Å². The first-order chi connectivity index (χ1) is 12.6. The quantitative estimate of drug-likeness (QED) is 0.820. The lowest BCUT2D eigenvalue weighted by atomic mass is 9.81. The average Bonchev–Trinajstić information content (AvgIpc) is 3.24. The van der Waals surface area contributed by atoms with Gasteiger partial charge in [0.05, 0.1) is 12.0 Å². The van der Waals surface area contributed by atoms with Gasteiger partial charge in [0.15, 0.2) is 0 Å². The Labute approximate surface area is 153 Å². The van der Waals surface area contributed by atoms with Gasteiger partial charge in [-0.25, -0.2) is 4.79 Å². The largest absolute Gasteiger partial charge is 0.493 e. The molecule has 0 spiro atoms. The molecular weight excluding hydrogens is 332 g/mol. The van der Waals surface area contributed by atoms with Crippen LogP contribution in [-0.2, 0) is 11.3 Å². The Kier molecular flexibility index (Phi) is 4.51. The van der Waals surface area contributed by atoms with Gasteiger partial charge in [-0.1, -0.05) is 24.6 Å². The molecule has 1 saturated heterocycles. The van der Waals surface area contributed by atoms with E-state index in [9.17, 15) is 14.7 Å². The molecule has 0 unspecified atom stereocenters. The standard InChI is InChI=1S/C20H26N2O4/c23-18(24)20-9-3-5-16(20)11-22(13-20)19(25)21-10-15-4-1-2-6-17(15)26-12-14-7-8-14/h1-2,4,6,14,16H,3,5,7-13H2,(H,21,25)(H,23,24)/t16-,20+/m0/s1. The molecule has 1 aromatic rings. The van der Waals surface area contributed by atoms with Crippen molar-refractivity contribution in [1.29, 1.82) is 0 Å². The number of amides is 2. The summed E-state index contributed by atoms with van der Waals surface area (Å²) in [4.78, 5) is 26.0. The normalized spacial score (nSPS) is 27.2. The minimum absolute atomic E-state index is 0.0833. The van der Waals surface area contributed by atoms with Gasteiger partial charge in [0.1, 0.15) is 5.75 Å². The molecule has 0 aromatic heterocycles. The number of likely N-dealkylation sites (tertiary alicyclic amines) is 1. The molecule has 2 amide bonds. The molecule has 0 radical (unpaired) electrons. The van der Waals surface area contributed by atoms with Crippen molar-refractivity contribution in [3.05, 3.63) is 29.8 Å². The molecule has 2 N–H and O–H groups in total. The maximum Gasteiger partial charge on any atom is 0.317 e. The Morgan fingerprint density at radius 3 is 2.81 bits per heavy atom. The summed E-state index contributed by atoms with van der Waals surface area (Å²) in [6.45, 7) is 1.98. The number of rotatable bonds is 6. The van der Waals surface area contributed by atoms with E-state index in [1.54, 1.807) is 4.90 Å². The zero-order valence-corrected chi connectivity index (χ0v) is 14.9. The Morgan fingerprint density at radius 2 is 2.08 bits per heavy atom. The number of hydrogen-bond acceptors (Lipinski definition) is 3. The highest BCUT2D eigenvalue weighted by molar-refractivity contribution is 5.80. The van der Waals surface area contributed by atoms with E-state index in [2.05, 4.69) is 5.32 Å². The number of carboxylic acid groups (broad SMARTS) is 1. The highest BCUT2D eigenvalue weighted by Crippen LogP contribution is 2.48. The summed E-state index contributed by atoms with van der Waals surface area (Å²) in [6, 6.07) is 7.58. The molecule has 2 saturated carbocycles. The summed E-state index contributed by atoms with van der Waals surface area (Å²) in [5.74, 6) is 0.822. The first-order valence-electron chi connectivity index (χ1n) is 9.55. The van der Waals surface area contributed by atoms with E-state index in [0.717, 1.165) is 30.8 Å². The predicted octanol–water partition coefficient (Wildman–Crippen LogP) is 2.87. The molecule has 0 bridgehead atoms. The van der Waals surface area contributed by atoms with Crippen molar-refractivity contribution < 1.29 is 19.4 Å². The van der Waals surface area contributed by atoms with Crippen molar-refractivity contribution >= 4 is 12.0 Å². The molecule has 1 aliphatic heterocycles. The Morgan fingerprint density at radius 1 is 1.27 bits per heavy atom. The van der Waals surface area contributed by atoms with Gasteiger partial charge in [0.25, 0.3) is 0 Å². The van der Waals surface area contributed by atoms with Gasteiger partial charge in [-0.15, -0.1) is 0 Å². The maximum absolute atomic E-state index is 12.6. The Bertz CT molecular complexity index is 703. The number of hydrogen-bond donors (Lipinski definition) is 2. The highest BCUT2D eigenvalue weighted by atomic mass is 16.5. The molecule has 1 heterocycles. The van der Waals surface area contributed by atoms with Crippen LogP contribution in [0, 0.1) is 17.3 Å². The lowest BCUT2D eigenvalue weighted by molar-refractivity contribution is -0.149.